The third-order valence-electron chi connectivity index (χ3n) is 3.60. The van der Waals surface area contributed by atoms with Gasteiger partial charge in [-0.25, -0.2) is 0 Å². The molecule has 0 spiro atoms. The van der Waals surface area contributed by atoms with Crippen LogP contribution in [0.5, 0.6) is 5.75 Å². The van der Waals surface area contributed by atoms with Crippen LogP contribution in [0.1, 0.15) is 44.7 Å². The van der Waals surface area contributed by atoms with Crippen LogP contribution in [0.3, 0.4) is 0 Å². The zero-order valence-electron chi connectivity index (χ0n) is 12.3. The van der Waals surface area contributed by atoms with Crippen LogP contribution in [0.4, 0.5) is 0 Å². The summed E-state index contributed by atoms with van der Waals surface area (Å²) in [4.78, 5) is 11.1. The average Bonchev–Trinajstić information content (AvgIpc) is 2.48. The van der Waals surface area contributed by atoms with E-state index in [4.69, 9.17) is 4.74 Å². The van der Waals surface area contributed by atoms with E-state index >= 15 is 0 Å². The summed E-state index contributed by atoms with van der Waals surface area (Å²) in [6, 6.07) is 8.88. The first kappa shape index (κ1) is 14.9. The molecule has 1 amide bonds. The minimum absolute atomic E-state index is 0.160. The van der Waals surface area contributed by atoms with E-state index in [9.17, 15) is 4.79 Å². The monoisotopic (exact) mass is 276 g/mol. The van der Waals surface area contributed by atoms with Crippen LogP contribution in [-0.4, -0.2) is 25.1 Å². The van der Waals surface area contributed by atoms with Gasteiger partial charge in [0, 0.05) is 25.0 Å². The molecule has 0 bridgehead atoms. The van der Waals surface area contributed by atoms with Crippen LogP contribution >= 0.6 is 0 Å². The van der Waals surface area contributed by atoms with Crippen molar-refractivity contribution >= 4 is 5.91 Å². The van der Waals surface area contributed by atoms with Crippen molar-refractivity contribution in [3.63, 3.8) is 0 Å². The molecule has 1 aliphatic rings. The van der Waals surface area contributed by atoms with Crippen LogP contribution in [0.2, 0.25) is 0 Å². The standard InChI is InChI=1S/C16H24N2O2/c1-3-10-20-15-7-4-13(5-8-15)12(2)18-14-6-9-16(19)17-11-14/h4-5,7-8,12,14,18H,3,6,9-11H2,1-2H3,(H,17,19). The maximum Gasteiger partial charge on any atom is 0.220 e. The topological polar surface area (TPSA) is 50.4 Å². The second-order valence-electron chi connectivity index (χ2n) is 5.35. The molecule has 20 heavy (non-hydrogen) atoms. The SMILES string of the molecule is CCCOc1ccc(C(C)NC2CCC(=O)NC2)cc1. The number of carbonyl (C=O) groups excluding carboxylic acids is 1. The highest BCUT2D eigenvalue weighted by Gasteiger charge is 2.19. The van der Waals surface area contributed by atoms with E-state index in [1.54, 1.807) is 0 Å². The average molecular weight is 276 g/mol. The number of piperidine rings is 1. The Bertz CT molecular complexity index is 421. The van der Waals surface area contributed by atoms with Gasteiger partial charge in [-0.15, -0.1) is 0 Å². The molecule has 2 N–H and O–H groups in total. The van der Waals surface area contributed by atoms with Gasteiger partial charge in [0.15, 0.2) is 0 Å². The normalized spacial score (nSPS) is 20.3. The number of hydrogen-bond acceptors (Lipinski definition) is 3. The largest absolute Gasteiger partial charge is 0.494 e. The first-order chi connectivity index (χ1) is 9.69. The molecular weight excluding hydrogens is 252 g/mol. The fourth-order valence-corrected chi connectivity index (χ4v) is 2.40. The summed E-state index contributed by atoms with van der Waals surface area (Å²) in [6.07, 6.45) is 2.55. The van der Waals surface area contributed by atoms with Crippen LogP contribution in [0, 0.1) is 0 Å². The van der Waals surface area contributed by atoms with Gasteiger partial charge in [0.25, 0.3) is 0 Å². The summed E-state index contributed by atoms with van der Waals surface area (Å²) in [5.74, 6) is 1.08. The fourth-order valence-electron chi connectivity index (χ4n) is 2.40. The highest BCUT2D eigenvalue weighted by Crippen LogP contribution is 2.19. The predicted octanol–water partition coefficient (Wildman–Crippen LogP) is 2.40. The molecule has 2 unspecified atom stereocenters. The third kappa shape index (κ3) is 4.23. The molecule has 1 aromatic carbocycles. The molecule has 2 atom stereocenters. The maximum atomic E-state index is 11.1. The van der Waals surface area contributed by atoms with Crippen molar-refractivity contribution < 1.29 is 9.53 Å². The Hall–Kier alpha value is -1.55. The summed E-state index contributed by atoms with van der Waals surface area (Å²) in [5.41, 5.74) is 1.24. The molecule has 1 aromatic rings. The summed E-state index contributed by atoms with van der Waals surface area (Å²) in [6.45, 7) is 5.73. The quantitative estimate of drug-likeness (QED) is 0.839. The van der Waals surface area contributed by atoms with Crippen molar-refractivity contribution in [1.82, 2.24) is 10.6 Å². The van der Waals surface area contributed by atoms with Crippen LogP contribution in [-0.2, 0) is 4.79 Å². The van der Waals surface area contributed by atoms with Crippen molar-refractivity contribution in [2.24, 2.45) is 0 Å². The number of amides is 1. The summed E-state index contributed by atoms with van der Waals surface area (Å²) >= 11 is 0. The second-order valence-corrected chi connectivity index (χ2v) is 5.35. The Morgan fingerprint density at radius 2 is 2.15 bits per heavy atom. The molecule has 0 radical (unpaired) electrons. The lowest BCUT2D eigenvalue weighted by molar-refractivity contribution is -0.122. The zero-order chi connectivity index (χ0) is 14.4. The second kappa shape index (κ2) is 7.29. The number of nitrogens with one attached hydrogen (secondary N) is 2. The molecule has 4 nitrogen and oxygen atoms in total. The van der Waals surface area contributed by atoms with Gasteiger partial charge in [-0.2, -0.15) is 0 Å². The number of hydrogen-bond donors (Lipinski definition) is 2. The van der Waals surface area contributed by atoms with Crippen LogP contribution in [0.15, 0.2) is 24.3 Å². The number of rotatable bonds is 6. The molecule has 4 heteroatoms. The van der Waals surface area contributed by atoms with E-state index in [1.807, 2.05) is 12.1 Å². The van der Waals surface area contributed by atoms with Gasteiger partial charge in [0.05, 0.1) is 6.61 Å². The molecule has 0 aliphatic carbocycles. The summed E-state index contributed by atoms with van der Waals surface area (Å²) in [5, 5.41) is 6.46. The minimum Gasteiger partial charge on any atom is -0.494 e. The van der Waals surface area contributed by atoms with Crippen molar-refractivity contribution in [3.05, 3.63) is 29.8 Å². The van der Waals surface area contributed by atoms with E-state index < -0.39 is 0 Å². The van der Waals surface area contributed by atoms with E-state index in [0.717, 1.165) is 31.7 Å². The molecule has 110 valence electrons. The van der Waals surface area contributed by atoms with E-state index in [1.165, 1.54) is 5.56 Å². The van der Waals surface area contributed by atoms with Crippen molar-refractivity contribution in [3.8, 4) is 5.75 Å². The number of carbonyl (C=O) groups is 1. The van der Waals surface area contributed by atoms with Crippen molar-refractivity contribution in [2.75, 3.05) is 13.2 Å². The lowest BCUT2D eigenvalue weighted by Crippen LogP contribution is -2.46. The Balaban J connectivity index is 1.85. The third-order valence-corrected chi connectivity index (χ3v) is 3.60. The van der Waals surface area contributed by atoms with Gasteiger partial charge in [0.2, 0.25) is 5.91 Å². The molecule has 1 fully saturated rings. The van der Waals surface area contributed by atoms with Crippen molar-refractivity contribution in [2.45, 2.75) is 45.2 Å². The molecule has 1 saturated heterocycles. The molecule has 0 saturated carbocycles. The summed E-state index contributed by atoms with van der Waals surface area (Å²) < 4.78 is 5.58. The minimum atomic E-state index is 0.160. The Morgan fingerprint density at radius 1 is 1.40 bits per heavy atom. The molecular formula is C16H24N2O2. The lowest BCUT2D eigenvalue weighted by atomic mass is 10.0. The van der Waals surface area contributed by atoms with Gasteiger partial charge in [-0.3, -0.25) is 4.79 Å². The van der Waals surface area contributed by atoms with E-state index in [-0.39, 0.29) is 11.9 Å². The first-order valence-corrected chi connectivity index (χ1v) is 7.44. The van der Waals surface area contributed by atoms with Gasteiger partial charge in [0.1, 0.15) is 5.75 Å². The van der Waals surface area contributed by atoms with Gasteiger partial charge >= 0.3 is 0 Å². The maximum absolute atomic E-state index is 11.1. The first-order valence-electron chi connectivity index (χ1n) is 7.44. The van der Waals surface area contributed by atoms with Gasteiger partial charge < -0.3 is 15.4 Å². The van der Waals surface area contributed by atoms with Crippen LogP contribution < -0.4 is 15.4 Å². The fraction of sp³-hybridized carbons (Fsp3) is 0.562. The zero-order valence-corrected chi connectivity index (χ0v) is 12.3. The predicted molar refractivity (Wildman–Crippen MR) is 79.8 cm³/mol. The Kier molecular flexibility index (Phi) is 5.41. The molecule has 1 aliphatic heterocycles. The smallest absolute Gasteiger partial charge is 0.220 e. The van der Waals surface area contributed by atoms with E-state index in [2.05, 4.69) is 36.6 Å². The number of benzene rings is 1. The lowest BCUT2D eigenvalue weighted by Gasteiger charge is -2.27. The highest BCUT2D eigenvalue weighted by molar-refractivity contribution is 5.76. The molecule has 0 aromatic heterocycles. The van der Waals surface area contributed by atoms with Gasteiger partial charge in [-0.1, -0.05) is 19.1 Å². The highest BCUT2D eigenvalue weighted by atomic mass is 16.5. The Morgan fingerprint density at radius 3 is 2.75 bits per heavy atom. The van der Waals surface area contributed by atoms with Crippen LogP contribution in [0.25, 0.3) is 0 Å². The van der Waals surface area contributed by atoms with Gasteiger partial charge in [-0.05, 0) is 37.5 Å². The van der Waals surface area contributed by atoms with Crippen molar-refractivity contribution in [1.29, 1.82) is 0 Å². The molecule has 1 heterocycles. The Labute approximate surface area is 120 Å². The molecule has 2 rings (SSSR count). The number of ether oxygens (including phenoxy) is 1. The summed E-state index contributed by atoms with van der Waals surface area (Å²) in [7, 11) is 0. The van der Waals surface area contributed by atoms with E-state index in [0.29, 0.717) is 12.5 Å².